The minimum atomic E-state index is 0.355. The van der Waals surface area contributed by atoms with Crippen molar-refractivity contribution in [3.8, 4) is 0 Å². The van der Waals surface area contributed by atoms with E-state index in [9.17, 15) is 0 Å². The molecule has 1 saturated heterocycles. The summed E-state index contributed by atoms with van der Waals surface area (Å²) >= 11 is 0. The van der Waals surface area contributed by atoms with E-state index in [2.05, 4.69) is 28.2 Å². The number of ether oxygens (including phenoxy) is 1. The van der Waals surface area contributed by atoms with Gasteiger partial charge in [0.2, 0.25) is 0 Å². The number of hydrogen-bond acceptors (Lipinski definition) is 3. The minimum absolute atomic E-state index is 0.355. The first-order valence-electron chi connectivity index (χ1n) is 6.99. The van der Waals surface area contributed by atoms with E-state index >= 15 is 0 Å². The lowest BCUT2D eigenvalue weighted by Gasteiger charge is -2.31. The third kappa shape index (κ3) is 5.53. The predicted octanol–water partition coefficient (Wildman–Crippen LogP) is 1.66. The molecule has 1 heterocycles. The molecule has 108 valence electrons. The fourth-order valence-corrected chi connectivity index (χ4v) is 2.09. The molecule has 0 atom stereocenters. The third-order valence-corrected chi connectivity index (χ3v) is 2.97. The van der Waals surface area contributed by atoms with E-state index < -0.39 is 0 Å². The Morgan fingerprint density at radius 2 is 2.11 bits per heavy atom. The highest BCUT2D eigenvalue weighted by molar-refractivity contribution is 6.04. The topological polar surface area (TPSA) is 60.7 Å². The van der Waals surface area contributed by atoms with Crippen LogP contribution in [-0.2, 0) is 4.74 Å². The molecule has 5 heteroatoms. The van der Waals surface area contributed by atoms with Gasteiger partial charge in [-0.15, -0.1) is 0 Å². The van der Waals surface area contributed by atoms with E-state index in [4.69, 9.17) is 10.1 Å². The molecule has 19 heavy (non-hydrogen) atoms. The summed E-state index contributed by atoms with van der Waals surface area (Å²) in [5.41, 5.74) is 1.23. The number of rotatable bonds is 5. The summed E-state index contributed by atoms with van der Waals surface area (Å²) in [5, 5.41) is 10.8. The van der Waals surface area contributed by atoms with Crippen molar-refractivity contribution in [3.63, 3.8) is 0 Å². The Kier molecular flexibility index (Phi) is 7.36. The SMILES string of the molecule is CC/C=C(\CCNC)C(=NC(C)=N)N1CCOCC1. The number of aliphatic imine (C=N–C) groups is 1. The summed E-state index contributed by atoms with van der Waals surface area (Å²) in [7, 11) is 1.96. The molecule has 0 aromatic heterocycles. The Hall–Kier alpha value is -1.20. The Bertz CT molecular complexity index is 343. The van der Waals surface area contributed by atoms with Crippen molar-refractivity contribution in [1.29, 1.82) is 5.41 Å². The summed E-state index contributed by atoms with van der Waals surface area (Å²) in [6, 6.07) is 0. The maximum atomic E-state index is 7.66. The van der Waals surface area contributed by atoms with Gasteiger partial charge in [0.05, 0.1) is 13.2 Å². The molecule has 1 rings (SSSR count). The predicted molar refractivity (Wildman–Crippen MR) is 80.1 cm³/mol. The van der Waals surface area contributed by atoms with E-state index in [1.54, 1.807) is 6.92 Å². The van der Waals surface area contributed by atoms with Gasteiger partial charge in [0, 0.05) is 13.1 Å². The monoisotopic (exact) mass is 266 g/mol. The molecular formula is C14H26N4O. The second-order valence-electron chi connectivity index (χ2n) is 4.61. The van der Waals surface area contributed by atoms with Gasteiger partial charge in [0.25, 0.3) is 0 Å². The molecule has 0 aromatic rings. The average Bonchev–Trinajstić information content (AvgIpc) is 2.42. The van der Waals surface area contributed by atoms with E-state index in [0.29, 0.717) is 5.84 Å². The highest BCUT2D eigenvalue weighted by Gasteiger charge is 2.18. The molecular weight excluding hydrogens is 240 g/mol. The average molecular weight is 266 g/mol. The van der Waals surface area contributed by atoms with Gasteiger partial charge < -0.3 is 15.0 Å². The van der Waals surface area contributed by atoms with Crippen molar-refractivity contribution >= 4 is 11.7 Å². The van der Waals surface area contributed by atoms with E-state index in [1.165, 1.54) is 5.57 Å². The second-order valence-corrected chi connectivity index (χ2v) is 4.61. The second kappa shape index (κ2) is 8.82. The Morgan fingerprint density at radius 3 is 2.63 bits per heavy atom. The lowest BCUT2D eigenvalue weighted by atomic mass is 10.1. The van der Waals surface area contributed by atoms with Crippen LogP contribution in [-0.4, -0.2) is 56.5 Å². The van der Waals surface area contributed by atoms with Gasteiger partial charge in [-0.1, -0.05) is 13.0 Å². The van der Waals surface area contributed by atoms with Crippen LogP contribution in [0.25, 0.3) is 0 Å². The highest BCUT2D eigenvalue weighted by atomic mass is 16.5. The number of amidine groups is 2. The number of nitrogens with zero attached hydrogens (tertiary/aromatic N) is 2. The first-order valence-corrected chi connectivity index (χ1v) is 6.99. The zero-order chi connectivity index (χ0) is 14.1. The van der Waals surface area contributed by atoms with Gasteiger partial charge in [0.15, 0.2) is 0 Å². The lowest BCUT2D eigenvalue weighted by molar-refractivity contribution is 0.0682. The van der Waals surface area contributed by atoms with E-state index in [1.807, 2.05) is 7.05 Å². The highest BCUT2D eigenvalue weighted by Crippen LogP contribution is 2.12. The van der Waals surface area contributed by atoms with Crippen molar-refractivity contribution in [1.82, 2.24) is 10.2 Å². The van der Waals surface area contributed by atoms with E-state index in [-0.39, 0.29) is 0 Å². The summed E-state index contributed by atoms with van der Waals surface area (Å²) in [4.78, 5) is 6.68. The van der Waals surface area contributed by atoms with Crippen molar-refractivity contribution in [2.45, 2.75) is 26.7 Å². The lowest BCUT2D eigenvalue weighted by Crippen LogP contribution is -2.42. The minimum Gasteiger partial charge on any atom is -0.378 e. The molecule has 5 nitrogen and oxygen atoms in total. The van der Waals surface area contributed by atoms with Crippen LogP contribution in [0.4, 0.5) is 0 Å². The molecule has 1 fully saturated rings. The third-order valence-electron chi connectivity index (χ3n) is 2.97. The summed E-state index contributed by atoms with van der Waals surface area (Å²) in [6.45, 7) is 7.96. The summed E-state index contributed by atoms with van der Waals surface area (Å²) in [5.74, 6) is 1.31. The van der Waals surface area contributed by atoms with Crippen molar-refractivity contribution in [3.05, 3.63) is 11.6 Å². The van der Waals surface area contributed by atoms with Gasteiger partial charge in [-0.2, -0.15) is 0 Å². The molecule has 2 N–H and O–H groups in total. The van der Waals surface area contributed by atoms with Crippen LogP contribution in [0, 0.1) is 5.41 Å². The molecule has 0 saturated carbocycles. The number of allylic oxidation sites excluding steroid dienone is 1. The number of morpholine rings is 1. The quantitative estimate of drug-likeness (QED) is 0.587. The zero-order valence-corrected chi connectivity index (χ0v) is 12.3. The van der Waals surface area contributed by atoms with Crippen LogP contribution in [0.2, 0.25) is 0 Å². The number of hydrogen-bond donors (Lipinski definition) is 2. The molecule has 0 bridgehead atoms. The largest absolute Gasteiger partial charge is 0.378 e. The van der Waals surface area contributed by atoms with Crippen molar-refractivity contribution < 1.29 is 4.74 Å². The van der Waals surface area contributed by atoms with Crippen molar-refractivity contribution in [2.75, 3.05) is 39.9 Å². The van der Waals surface area contributed by atoms with Crippen LogP contribution < -0.4 is 5.32 Å². The Labute approximate surface area is 116 Å². The Morgan fingerprint density at radius 1 is 1.42 bits per heavy atom. The molecule has 0 unspecified atom stereocenters. The molecule has 0 spiro atoms. The standard InChI is InChI=1S/C14H26N4O/c1-4-5-13(6-7-16-3)14(17-12(2)15)18-8-10-19-11-9-18/h5,15-16H,4,6-11H2,1-3H3/b13-5+,15-12?,17-14?. The molecule has 0 radical (unpaired) electrons. The van der Waals surface area contributed by atoms with Gasteiger partial charge in [0.1, 0.15) is 11.7 Å². The fourth-order valence-electron chi connectivity index (χ4n) is 2.09. The smallest absolute Gasteiger partial charge is 0.133 e. The van der Waals surface area contributed by atoms with Crippen LogP contribution in [0.5, 0.6) is 0 Å². The maximum Gasteiger partial charge on any atom is 0.133 e. The van der Waals surface area contributed by atoms with Gasteiger partial charge in [-0.3, -0.25) is 5.41 Å². The maximum absolute atomic E-state index is 7.66. The van der Waals surface area contributed by atoms with Gasteiger partial charge in [-0.05, 0) is 38.9 Å². The zero-order valence-electron chi connectivity index (χ0n) is 12.3. The summed E-state index contributed by atoms with van der Waals surface area (Å²) in [6.07, 6.45) is 4.14. The summed E-state index contributed by atoms with van der Waals surface area (Å²) < 4.78 is 5.39. The number of nitrogens with one attached hydrogen (secondary N) is 2. The van der Waals surface area contributed by atoms with Crippen LogP contribution in [0.3, 0.4) is 0 Å². The molecule has 0 aliphatic carbocycles. The van der Waals surface area contributed by atoms with Crippen molar-refractivity contribution in [2.24, 2.45) is 4.99 Å². The first kappa shape index (κ1) is 15.9. The Balaban J connectivity index is 2.92. The molecule has 0 aromatic carbocycles. The van der Waals surface area contributed by atoms with E-state index in [0.717, 1.165) is 51.5 Å². The molecule has 1 aliphatic heterocycles. The first-order chi connectivity index (χ1) is 9.19. The fraction of sp³-hybridized carbons (Fsp3) is 0.714. The van der Waals surface area contributed by atoms with Gasteiger partial charge in [-0.25, -0.2) is 4.99 Å². The van der Waals surface area contributed by atoms with Crippen LogP contribution >= 0.6 is 0 Å². The molecule has 0 amide bonds. The van der Waals surface area contributed by atoms with Gasteiger partial charge >= 0.3 is 0 Å². The molecule has 1 aliphatic rings. The normalized spacial score (nSPS) is 17.7. The van der Waals surface area contributed by atoms with Crippen LogP contribution in [0.1, 0.15) is 26.7 Å². The van der Waals surface area contributed by atoms with Crippen LogP contribution in [0.15, 0.2) is 16.6 Å².